The van der Waals surface area contributed by atoms with Crippen molar-refractivity contribution >= 4 is 11.9 Å². The van der Waals surface area contributed by atoms with Gasteiger partial charge in [0, 0.05) is 12.1 Å². The molecule has 3 rings (SSSR count). The molecule has 1 fully saturated rings. The molecule has 0 saturated carbocycles. The number of hydrogen-bond acceptors (Lipinski definition) is 4. The van der Waals surface area contributed by atoms with Crippen molar-refractivity contribution < 1.29 is 19.4 Å². The van der Waals surface area contributed by atoms with E-state index in [0.29, 0.717) is 30.3 Å². The predicted octanol–water partition coefficient (Wildman–Crippen LogP) is 2.41. The Labute approximate surface area is 145 Å². The molecule has 1 saturated heterocycles. The first kappa shape index (κ1) is 17.0. The number of nitrogens with zero attached hydrogens (tertiary/aromatic N) is 2. The summed E-state index contributed by atoms with van der Waals surface area (Å²) < 4.78 is 5.13. The molecule has 0 spiro atoms. The Bertz CT molecular complexity index is 769. The number of benzene rings is 1. The number of carboxylic acids is 1. The van der Waals surface area contributed by atoms with Crippen molar-refractivity contribution in [2.45, 2.75) is 25.8 Å². The van der Waals surface area contributed by atoms with Crippen molar-refractivity contribution in [2.75, 3.05) is 13.7 Å². The molecule has 0 radical (unpaired) electrons. The lowest BCUT2D eigenvalue weighted by atomic mass is 9.92. The van der Waals surface area contributed by atoms with Gasteiger partial charge in [-0.05, 0) is 49.1 Å². The molecule has 1 aliphatic rings. The van der Waals surface area contributed by atoms with Crippen LogP contribution in [-0.4, -0.2) is 51.8 Å². The second-order valence-electron chi connectivity index (χ2n) is 6.38. The van der Waals surface area contributed by atoms with Crippen LogP contribution >= 0.6 is 0 Å². The number of amides is 1. The summed E-state index contributed by atoms with van der Waals surface area (Å²) in [5.74, 6) is -0.259. The Kier molecular flexibility index (Phi) is 4.74. The van der Waals surface area contributed by atoms with Crippen LogP contribution in [0.1, 0.15) is 30.3 Å². The van der Waals surface area contributed by atoms with Gasteiger partial charge in [0.1, 0.15) is 17.5 Å². The third-order valence-corrected chi connectivity index (χ3v) is 4.60. The summed E-state index contributed by atoms with van der Waals surface area (Å²) in [6, 6.07) is 8.21. The number of hydrogen-bond donors (Lipinski definition) is 2. The SMILES string of the molecule is COc1ccc(-c2cc(C(=O)N3CCC(C)CC3C(=O)O)[nH]n2)cc1. The highest BCUT2D eigenvalue weighted by Crippen LogP contribution is 2.26. The summed E-state index contributed by atoms with van der Waals surface area (Å²) in [5.41, 5.74) is 1.77. The van der Waals surface area contributed by atoms with E-state index < -0.39 is 12.0 Å². The maximum Gasteiger partial charge on any atom is 0.326 e. The van der Waals surface area contributed by atoms with E-state index in [9.17, 15) is 14.7 Å². The van der Waals surface area contributed by atoms with Crippen LogP contribution in [0.4, 0.5) is 0 Å². The third-order valence-electron chi connectivity index (χ3n) is 4.60. The Morgan fingerprint density at radius 1 is 1.32 bits per heavy atom. The average molecular weight is 343 g/mol. The molecule has 1 amide bonds. The smallest absolute Gasteiger partial charge is 0.326 e. The Morgan fingerprint density at radius 2 is 2.04 bits per heavy atom. The van der Waals surface area contributed by atoms with Gasteiger partial charge in [-0.2, -0.15) is 5.10 Å². The maximum absolute atomic E-state index is 12.7. The van der Waals surface area contributed by atoms with E-state index in [4.69, 9.17) is 4.74 Å². The van der Waals surface area contributed by atoms with Gasteiger partial charge in [-0.1, -0.05) is 6.92 Å². The molecule has 1 aliphatic heterocycles. The van der Waals surface area contributed by atoms with Crippen LogP contribution in [0.3, 0.4) is 0 Å². The number of nitrogens with one attached hydrogen (secondary N) is 1. The zero-order valence-electron chi connectivity index (χ0n) is 14.2. The molecule has 0 aliphatic carbocycles. The molecular weight excluding hydrogens is 322 g/mol. The molecule has 132 valence electrons. The number of aromatic amines is 1. The van der Waals surface area contributed by atoms with Crippen LogP contribution in [0.15, 0.2) is 30.3 Å². The van der Waals surface area contributed by atoms with Gasteiger partial charge < -0.3 is 14.7 Å². The Balaban J connectivity index is 1.80. The number of piperidine rings is 1. The van der Waals surface area contributed by atoms with Gasteiger partial charge in [-0.25, -0.2) is 4.79 Å². The van der Waals surface area contributed by atoms with Crippen LogP contribution in [-0.2, 0) is 4.79 Å². The third kappa shape index (κ3) is 3.50. The van der Waals surface area contributed by atoms with E-state index in [1.807, 2.05) is 31.2 Å². The minimum atomic E-state index is -0.963. The number of likely N-dealkylation sites (tertiary alicyclic amines) is 1. The lowest BCUT2D eigenvalue weighted by Crippen LogP contribution is -2.49. The molecule has 0 bridgehead atoms. The van der Waals surface area contributed by atoms with Crippen molar-refractivity contribution in [1.82, 2.24) is 15.1 Å². The molecule has 1 aromatic heterocycles. The fraction of sp³-hybridized carbons (Fsp3) is 0.389. The zero-order valence-corrected chi connectivity index (χ0v) is 14.2. The summed E-state index contributed by atoms with van der Waals surface area (Å²) in [7, 11) is 1.60. The van der Waals surface area contributed by atoms with E-state index in [1.165, 1.54) is 4.90 Å². The fourth-order valence-electron chi connectivity index (χ4n) is 3.11. The van der Waals surface area contributed by atoms with Crippen molar-refractivity contribution in [3.05, 3.63) is 36.0 Å². The maximum atomic E-state index is 12.7. The summed E-state index contributed by atoms with van der Waals surface area (Å²) >= 11 is 0. The number of methoxy groups -OCH3 is 1. The molecule has 25 heavy (non-hydrogen) atoms. The van der Waals surface area contributed by atoms with Gasteiger partial charge in [0.15, 0.2) is 0 Å². The van der Waals surface area contributed by atoms with Gasteiger partial charge >= 0.3 is 5.97 Å². The highest BCUT2D eigenvalue weighted by molar-refractivity contribution is 5.96. The number of ether oxygens (including phenoxy) is 1. The average Bonchev–Trinajstić information content (AvgIpc) is 3.11. The summed E-state index contributed by atoms with van der Waals surface area (Å²) in [6.07, 6.45) is 1.27. The van der Waals surface area contributed by atoms with E-state index in [1.54, 1.807) is 13.2 Å². The van der Waals surface area contributed by atoms with Crippen molar-refractivity contribution in [3.8, 4) is 17.0 Å². The minimum absolute atomic E-state index is 0.293. The van der Waals surface area contributed by atoms with E-state index >= 15 is 0 Å². The second kappa shape index (κ2) is 6.96. The number of aliphatic carboxylic acids is 1. The van der Waals surface area contributed by atoms with E-state index in [-0.39, 0.29) is 5.91 Å². The lowest BCUT2D eigenvalue weighted by Gasteiger charge is -2.35. The van der Waals surface area contributed by atoms with Gasteiger partial charge in [-0.15, -0.1) is 0 Å². The van der Waals surface area contributed by atoms with Crippen LogP contribution in [0.25, 0.3) is 11.3 Å². The first-order valence-corrected chi connectivity index (χ1v) is 8.23. The Hall–Kier alpha value is -2.83. The molecule has 7 heteroatoms. The molecule has 1 aromatic carbocycles. The van der Waals surface area contributed by atoms with Gasteiger partial charge in [-0.3, -0.25) is 9.89 Å². The Morgan fingerprint density at radius 3 is 2.68 bits per heavy atom. The van der Waals surface area contributed by atoms with Crippen molar-refractivity contribution in [1.29, 1.82) is 0 Å². The minimum Gasteiger partial charge on any atom is -0.497 e. The van der Waals surface area contributed by atoms with E-state index in [0.717, 1.165) is 17.7 Å². The number of H-pyrrole nitrogens is 1. The van der Waals surface area contributed by atoms with Crippen LogP contribution in [0.5, 0.6) is 5.75 Å². The van der Waals surface area contributed by atoms with Crippen LogP contribution in [0, 0.1) is 5.92 Å². The lowest BCUT2D eigenvalue weighted by molar-refractivity contribution is -0.144. The molecule has 2 aromatic rings. The monoisotopic (exact) mass is 343 g/mol. The summed E-state index contributed by atoms with van der Waals surface area (Å²) in [5, 5.41) is 16.3. The molecular formula is C18H21N3O4. The molecule has 2 N–H and O–H groups in total. The number of aromatic nitrogens is 2. The number of carboxylic acid groups (broad SMARTS) is 1. The normalized spacial score (nSPS) is 20.3. The summed E-state index contributed by atoms with van der Waals surface area (Å²) in [4.78, 5) is 25.7. The largest absolute Gasteiger partial charge is 0.497 e. The predicted molar refractivity (Wildman–Crippen MR) is 91.4 cm³/mol. The molecule has 2 heterocycles. The number of rotatable bonds is 4. The second-order valence-corrected chi connectivity index (χ2v) is 6.38. The zero-order chi connectivity index (χ0) is 18.0. The molecule has 2 atom stereocenters. The highest BCUT2D eigenvalue weighted by Gasteiger charge is 2.35. The van der Waals surface area contributed by atoms with Gasteiger partial charge in [0.05, 0.1) is 12.8 Å². The van der Waals surface area contributed by atoms with E-state index in [2.05, 4.69) is 10.2 Å². The number of carbonyl (C=O) groups is 2. The van der Waals surface area contributed by atoms with Gasteiger partial charge in [0.25, 0.3) is 5.91 Å². The topological polar surface area (TPSA) is 95.5 Å². The quantitative estimate of drug-likeness (QED) is 0.889. The first-order chi connectivity index (χ1) is 12.0. The molecule has 2 unspecified atom stereocenters. The molecule has 7 nitrogen and oxygen atoms in total. The number of carbonyl (C=O) groups excluding carboxylic acids is 1. The van der Waals surface area contributed by atoms with Crippen LogP contribution in [0.2, 0.25) is 0 Å². The van der Waals surface area contributed by atoms with Crippen LogP contribution < -0.4 is 4.74 Å². The van der Waals surface area contributed by atoms with Crippen molar-refractivity contribution in [3.63, 3.8) is 0 Å². The van der Waals surface area contributed by atoms with Crippen molar-refractivity contribution in [2.24, 2.45) is 5.92 Å². The highest BCUT2D eigenvalue weighted by atomic mass is 16.5. The fourth-order valence-corrected chi connectivity index (χ4v) is 3.11. The van der Waals surface area contributed by atoms with Gasteiger partial charge in [0.2, 0.25) is 0 Å². The standard InChI is InChI=1S/C18H21N3O4/c1-11-7-8-21(16(9-11)18(23)24)17(22)15-10-14(19-20-15)12-3-5-13(25-2)6-4-12/h3-6,10-11,16H,7-9H2,1-2H3,(H,19,20)(H,23,24). The first-order valence-electron chi connectivity index (χ1n) is 8.23. The summed E-state index contributed by atoms with van der Waals surface area (Å²) in [6.45, 7) is 2.45.